The molecule has 10 heteroatoms. The SMILES string of the molecule is Cc1nc(Oc2ccc(NC(=O)c3ccccc3C(F)(F)F)cc2)cc(-n2cnc(C)c2C)n1. The van der Waals surface area contributed by atoms with Crippen LogP contribution in [0, 0.1) is 20.8 Å². The number of imidazole rings is 1. The molecule has 0 aliphatic rings. The van der Waals surface area contributed by atoms with Crippen molar-refractivity contribution in [2.75, 3.05) is 5.32 Å². The highest BCUT2D eigenvalue weighted by molar-refractivity contribution is 6.05. The summed E-state index contributed by atoms with van der Waals surface area (Å²) in [5.74, 6) is 0.988. The normalized spacial score (nSPS) is 11.4. The van der Waals surface area contributed by atoms with Gasteiger partial charge in [-0.15, -0.1) is 0 Å². The molecule has 2 aromatic heterocycles. The number of ether oxygens (including phenoxy) is 1. The maximum atomic E-state index is 13.2. The third kappa shape index (κ3) is 4.90. The van der Waals surface area contributed by atoms with E-state index in [1.54, 1.807) is 31.5 Å². The molecule has 2 aromatic carbocycles. The fourth-order valence-electron chi connectivity index (χ4n) is 3.28. The van der Waals surface area contributed by atoms with Crippen LogP contribution in [0.25, 0.3) is 5.82 Å². The second-order valence-corrected chi connectivity index (χ2v) is 7.52. The number of aromatic nitrogens is 4. The number of hydrogen-bond donors (Lipinski definition) is 1. The first-order valence-electron chi connectivity index (χ1n) is 10.2. The lowest BCUT2D eigenvalue weighted by Crippen LogP contribution is -2.18. The molecule has 0 aliphatic carbocycles. The number of halogens is 3. The van der Waals surface area contributed by atoms with Crippen molar-refractivity contribution in [2.24, 2.45) is 0 Å². The van der Waals surface area contributed by atoms with Crippen molar-refractivity contribution in [1.82, 2.24) is 19.5 Å². The Balaban J connectivity index is 1.50. The summed E-state index contributed by atoms with van der Waals surface area (Å²) in [7, 11) is 0. The Hall–Kier alpha value is -4.21. The van der Waals surface area contributed by atoms with E-state index in [4.69, 9.17) is 4.74 Å². The molecule has 0 bridgehead atoms. The summed E-state index contributed by atoms with van der Waals surface area (Å²) in [5, 5.41) is 2.48. The topological polar surface area (TPSA) is 81.9 Å². The van der Waals surface area contributed by atoms with Crippen molar-refractivity contribution in [3.8, 4) is 17.4 Å². The maximum Gasteiger partial charge on any atom is 0.417 e. The number of amides is 1. The lowest BCUT2D eigenvalue weighted by Gasteiger charge is -2.13. The fraction of sp³-hybridized carbons (Fsp3) is 0.167. The van der Waals surface area contributed by atoms with E-state index < -0.39 is 23.2 Å². The minimum Gasteiger partial charge on any atom is -0.439 e. The van der Waals surface area contributed by atoms with Crippen LogP contribution in [0.2, 0.25) is 0 Å². The number of alkyl halides is 3. The smallest absolute Gasteiger partial charge is 0.417 e. The molecule has 1 N–H and O–H groups in total. The van der Waals surface area contributed by atoms with Gasteiger partial charge in [-0.2, -0.15) is 18.2 Å². The number of anilines is 1. The second-order valence-electron chi connectivity index (χ2n) is 7.52. The Morgan fingerprint density at radius 2 is 1.71 bits per heavy atom. The number of carbonyl (C=O) groups excluding carboxylic acids is 1. The molecule has 0 saturated carbocycles. The maximum absolute atomic E-state index is 13.2. The number of aryl methyl sites for hydroxylation is 2. The average Bonchev–Trinajstić information content (AvgIpc) is 3.12. The predicted molar refractivity (Wildman–Crippen MR) is 119 cm³/mol. The minimum absolute atomic E-state index is 0.309. The Bertz CT molecular complexity index is 1350. The molecule has 7 nitrogen and oxygen atoms in total. The predicted octanol–water partition coefficient (Wildman–Crippen LogP) is 5.65. The lowest BCUT2D eigenvalue weighted by molar-refractivity contribution is -0.137. The van der Waals surface area contributed by atoms with Gasteiger partial charge in [-0.3, -0.25) is 9.36 Å². The molecule has 2 heterocycles. The van der Waals surface area contributed by atoms with E-state index in [1.807, 2.05) is 18.4 Å². The average molecular weight is 467 g/mol. The van der Waals surface area contributed by atoms with Crippen LogP contribution in [0.5, 0.6) is 11.6 Å². The molecular weight excluding hydrogens is 447 g/mol. The summed E-state index contributed by atoms with van der Waals surface area (Å²) in [4.78, 5) is 25.4. The van der Waals surface area contributed by atoms with E-state index in [-0.39, 0.29) is 0 Å². The van der Waals surface area contributed by atoms with Crippen LogP contribution in [0.15, 0.2) is 60.9 Å². The van der Waals surface area contributed by atoms with Gasteiger partial charge in [0.05, 0.1) is 16.8 Å². The molecule has 1 amide bonds. The Morgan fingerprint density at radius 3 is 2.35 bits per heavy atom. The molecule has 0 radical (unpaired) electrons. The molecule has 0 spiro atoms. The molecule has 4 rings (SSSR count). The fourth-order valence-corrected chi connectivity index (χ4v) is 3.28. The van der Waals surface area contributed by atoms with E-state index in [2.05, 4.69) is 20.3 Å². The largest absolute Gasteiger partial charge is 0.439 e. The Morgan fingerprint density at radius 1 is 1.00 bits per heavy atom. The minimum atomic E-state index is -4.63. The van der Waals surface area contributed by atoms with Gasteiger partial charge in [0, 0.05) is 17.4 Å². The molecule has 0 aliphatic heterocycles. The van der Waals surface area contributed by atoms with Gasteiger partial charge in [0.2, 0.25) is 5.88 Å². The van der Waals surface area contributed by atoms with Crippen LogP contribution in [-0.2, 0) is 6.18 Å². The van der Waals surface area contributed by atoms with Gasteiger partial charge in [-0.25, -0.2) is 9.97 Å². The number of carbonyl (C=O) groups is 1. The highest BCUT2D eigenvalue weighted by Gasteiger charge is 2.34. The highest BCUT2D eigenvalue weighted by atomic mass is 19.4. The van der Waals surface area contributed by atoms with E-state index in [0.717, 1.165) is 23.5 Å². The lowest BCUT2D eigenvalue weighted by atomic mass is 10.1. The molecule has 34 heavy (non-hydrogen) atoms. The number of benzene rings is 2. The van der Waals surface area contributed by atoms with Crippen LogP contribution >= 0.6 is 0 Å². The van der Waals surface area contributed by atoms with Gasteiger partial charge in [0.25, 0.3) is 5.91 Å². The standard InChI is InChI=1S/C24H20F3N5O2/c1-14-15(2)32(13-28-14)21-12-22(30-16(3)29-21)34-18-10-8-17(9-11-18)31-23(33)19-6-4-5-7-20(19)24(25,26)27/h4-13H,1-3H3,(H,31,33). The van der Waals surface area contributed by atoms with E-state index in [1.165, 1.54) is 24.3 Å². The zero-order chi connectivity index (χ0) is 24.5. The van der Waals surface area contributed by atoms with Crippen molar-refractivity contribution in [3.63, 3.8) is 0 Å². The van der Waals surface area contributed by atoms with Crippen LogP contribution in [0.4, 0.5) is 18.9 Å². The summed E-state index contributed by atoms with van der Waals surface area (Å²) < 4.78 is 47.2. The number of rotatable bonds is 5. The molecule has 0 fully saturated rings. The van der Waals surface area contributed by atoms with Crippen molar-refractivity contribution in [1.29, 1.82) is 0 Å². The van der Waals surface area contributed by atoms with Crippen molar-refractivity contribution >= 4 is 11.6 Å². The summed E-state index contributed by atoms with van der Waals surface area (Å²) in [6.45, 7) is 5.58. The molecule has 0 atom stereocenters. The number of hydrogen-bond acceptors (Lipinski definition) is 5. The number of nitrogens with zero attached hydrogens (tertiary/aromatic N) is 4. The summed E-state index contributed by atoms with van der Waals surface area (Å²) in [6, 6.07) is 12.5. The van der Waals surface area contributed by atoms with Crippen molar-refractivity contribution < 1.29 is 22.7 Å². The van der Waals surface area contributed by atoms with Crippen LogP contribution in [-0.4, -0.2) is 25.4 Å². The Kier molecular flexibility index (Phi) is 6.06. The molecule has 174 valence electrons. The van der Waals surface area contributed by atoms with Crippen LogP contribution < -0.4 is 10.1 Å². The van der Waals surface area contributed by atoms with E-state index >= 15 is 0 Å². The summed E-state index contributed by atoms with van der Waals surface area (Å²) in [5.41, 5.74) is 0.693. The summed E-state index contributed by atoms with van der Waals surface area (Å²) >= 11 is 0. The van der Waals surface area contributed by atoms with Gasteiger partial charge in [-0.05, 0) is 57.2 Å². The first-order chi connectivity index (χ1) is 16.1. The van der Waals surface area contributed by atoms with Gasteiger partial charge < -0.3 is 10.1 Å². The highest BCUT2D eigenvalue weighted by Crippen LogP contribution is 2.32. The molecule has 4 aromatic rings. The quantitative estimate of drug-likeness (QED) is 0.410. The first kappa shape index (κ1) is 23.0. The monoisotopic (exact) mass is 467 g/mol. The summed E-state index contributed by atoms with van der Waals surface area (Å²) in [6.07, 6.45) is -2.96. The molecule has 0 unspecified atom stereocenters. The van der Waals surface area contributed by atoms with Crippen molar-refractivity contribution in [2.45, 2.75) is 26.9 Å². The third-order valence-electron chi connectivity index (χ3n) is 5.11. The third-order valence-corrected chi connectivity index (χ3v) is 5.11. The van der Waals surface area contributed by atoms with Gasteiger partial charge >= 0.3 is 6.18 Å². The first-order valence-corrected chi connectivity index (χ1v) is 10.2. The van der Waals surface area contributed by atoms with Gasteiger partial charge in [0.15, 0.2) is 0 Å². The molecular formula is C24H20F3N5O2. The van der Waals surface area contributed by atoms with Crippen molar-refractivity contribution in [3.05, 3.63) is 89.3 Å². The van der Waals surface area contributed by atoms with Gasteiger partial charge in [0.1, 0.15) is 23.7 Å². The number of nitrogens with one attached hydrogen (secondary N) is 1. The zero-order valence-electron chi connectivity index (χ0n) is 18.5. The second kappa shape index (κ2) is 8.97. The molecule has 0 saturated heterocycles. The van der Waals surface area contributed by atoms with Crippen LogP contribution in [0.1, 0.15) is 33.1 Å². The van der Waals surface area contributed by atoms with Gasteiger partial charge in [-0.1, -0.05) is 12.1 Å². The van der Waals surface area contributed by atoms with E-state index in [0.29, 0.717) is 29.0 Å². The van der Waals surface area contributed by atoms with Crippen LogP contribution in [0.3, 0.4) is 0 Å². The van der Waals surface area contributed by atoms with E-state index in [9.17, 15) is 18.0 Å². The Labute approximate surface area is 193 Å². The zero-order valence-corrected chi connectivity index (χ0v) is 18.5.